The standard InChI is InChI=1S/C23H33NO2/c1-15-8-7-9-20-22(15,3)11-10-16(2)23(20,4)14-17-12-18(25)13-19(21(17)26)24(5)6/h12-13,16,20H,1,7-11,14H2,2-6H3. The Bertz CT molecular complexity index is 714. The van der Waals surface area contributed by atoms with Crippen LogP contribution in [0.1, 0.15) is 59.3 Å². The Morgan fingerprint density at radius 2 is 1.88 bits per heavy atom. The van der Waals surface area contributed by atoms with Gasteiger partial charge in [-0.2, -0.15) is 0 Å². The second kappa shape index (κ2) is 6.51. The molecule has 2 fully saturated rings. The van der Waals surface area contributed by atoms with Crippen LogP contribution in [0.15, 0.2) is 35.6 Å². The Kier molecular flexibility index (Phi) is 4.79. The molecule has 3 heteroatoms. The second-order valence-corrected chi connectivity index (χ2v) is 9.41. The van der Waals surface area contributed by atoms with Gasteiger partial charge in [0.2, 0.25) is 5.78 Å². The summed E-state index contributed by atoms with van der Waals surface area (Å²) in [7, 11) is 3.65. The molecule has 4 atom stereocenters. The minimum atomic E-state index is -0.0637. The van der Waals surface area contributed by atoms with Gasteiger partial charge in [0.1, 0.15) is 0 Å². The predicted octanol–water partition coefficient (Wildman–Crippen LogP) is 4.70. The summed E-state index contributed by atoms with van der Waals surface area (Å²) in [4.78, 5) is 27.0. The fourth-order valence-corrected chi connectivity index (χ4v) is 5.78. The van der Waals surface area contributed by atoms with Crippen LogP contribution >= 0.6 is 0 Å². The molecule has 0 bridgehead atoms. The van der Waals surface area contributed by atoms with E-state index in [4.69, 9.17) is 0 Å². The maximum atomic E-state index is 13.0. The Morgan fingerprint density at radius 1 is 1.19 bits per heavy atom. The summed E-state index contributed by atoms with van der Waals surface area (Å²) >= 11 is 0. The largest absolute Gasteiger partial charge is 0.374 e. The third-order valence-corrected chi connectivity index (χ3v) is 7.74. The topological polar surface area (TPSA) is 37.4 Å². The minimum Gasteiger partial charge on any atom is -0.374 e. The van der Waals surface area contributed by atoms with Crippen molar-refractivity contribution in [3.05, 3.63) is 35.6 Å². The number of carbonyl (C=O) groups excluding carboxylic acids is 2. The van der Waals surface area contributed by atoms with Crippen LogP contribution in [-0.4, -0.2) is 30.6 Å². The predicted molar refractivity (Wildman–Crippen MR) is 106 cm³/mol. The van der Waals surface area contributed by atoms with Gasteiger partial charge in [0.05, 0.1) is 5.70 Å². The van der Waals surface area contributed by atoms with Gasteiger partial charge in [-0.1, -0.05) is 32.9 Å². The molecule has 26 heavy (non-hydrogen) atoms. The highest BCUT2D eigenvalue weighted by atomic mass is 16.1. The van der Waals surface area contributed by atoms with Gasteiger partial charge in [0.15, 0.2) is 5.78 Å². The molecule has 0 radical (unpaired) electrons. The van der Waals surface area contributed by atoms with Crippen LogP contribution in [0.4, 0.5) is 0 Å². The van der Waals surface area contributed by atoms with Crippen molar-refractivity contribution in [2.45, 2.75) is 59.3 Å². The molecule has 3 aliphatic carbocycles. The number of ketones is 2. The molecule has 0 saturated heterocycles. The lowest BCUT2D eigenvalue weighted by Crippen LogP contribution is -2.50. The summed E-state index contributed by atoms with van der Waals surface area (Å²) in [5.41, 5.74) is 2.78. The van der Waals surface area contributed by atoms with Crippen molar-refractivity contribution >= 4 is 11.6 Å². The van der Waals surface area contributed by atoms with Gasteiger partial charge in [-0.3, -0.25) is 9.59 Å². The van der Waals surface area contributed by atoms with Crippen LogP contribution in [0, 0.1) is 22.7 Å². The summed E-state index contributed by atoms with van der Waals surface area (Å²) < 4.78 is 0. The zero-order valence-electron chi connectivity index (χ0n) is 17.0. The molecule has 0 aromatic carbocycles. The van der Waals surface area contributed by atoms with Crippen LogP contribution < -0.4 is 0 Å². The fraction of sp³-hybridized carbons (Fsp3) is 0.652. The molecular weight excluding hydrogens is 322 g/mol. The smallest absolute Gasteiger partial charge is 0.205 e. The molecule has 0 heterocycles. The average Bonchev–Trinajstić information content (AvgIpc) is 2.56. The van der Waals surface area contributed by atoms with Crippen LogP contribution in [0.25, 0.3) is 0 Å². The molecule has 3 rings (SSSR count). The molecule has 0 aromatic rings. The van der Waals surface area contributed by atoms with Gasteiger partial charge >= 0.3 is 0 Å². The van der Waals surface area contributed by atoms with E-state index in [1.165, 1.54) is 30.9 Å². The maximum absolute atomic E-state index is 13.0. The van der Waals surface area contributed by atoms with Crippen molar-refractivity contribution in [1.29, 1.82) is 0 Å². The maximum Gasteiger partial charge on any atom is 0.205 e. The van der Waals surface area contributed by atoms with Crippen molar-refractivity contribution in [3.63, 3.8) is 0 Å². The van der Waals surface area contributed by atoms with E-state index in [2.05, 4.69) is 27.4 Å². The normalized spacial score (nSPS) is 37.8. The first-order valence-electron chi connectivity index (χ1n) is 9.96. The van der Waals surface area contributed by atoms with Crippen LogP contribution in [0.5, 0.6) is 0 Å². The lowest BCUT2D eigenvalue weighted by atomic mass is 9.46. The Balaban J connectivity index is 1.95. The molecule has 0 spiro atoms. The number of Topliss-reactive ketones (excluding diaryl/α,β-unsaturated/α-hetero) is 1. The molecule has 0 aliphatic heterocycles. The third-order valence-electron chi connectivity index (χ3n) is 7.74. The monoisotopic (exact) mass is 355 g/mol. The first-order chi connectivity index (χ1) is 12.1. The highest BCUT2D eigenvalue weighted by Crippen LogP contribution is 2.63. The van der Waals surface area contributed by atoms with Gasteiger partial charge < -0.3 is 4.90 Å². The molecule has 4 unspecified atom stereocenters. The summed E-state index contributed by atoms with van der Waals surface area (Å²) in [6, 6.07) is 0. The summed E-state index contributed by atoms with van der Waals surface area (Å²) in [5.74, 6) is 1.01. The van der Waals surface area contributed by atoms with Gasteiger partial charge in [0.25, 0.3) is 0 Å². The zero-order valence-corrected chi connectivity index (χ0v) is 17.0. The van der Waals surface area contributed by atoms with Gasteiger partial charge in [-0.25, -0.2) is 0 Å². The first kappa shape index (κ1) is 19.1. The fourth-order valence-electron chi connectivity index (χ4n) is 5.78. The third kappa shape index (κ3) is 2.90. The number of allylic oxidation sites excluding steroid dienone is 4. The second-order valence-electron chi connectivity index (χ2n) is 9.41. The van der Waals surface area contributed by atoms with Crippen molar-refractivity contribution in [3.8, 4) is 0 Å². The number of hydrogen-bond acceptors (Lipinski definition) is 3. The number of hydrogen-bond donors (Lipinski definition) is 0. The number of nitrogens with zero attached hydrogens (tertiary/aromatic N) is 1. The lowest BCUT2D eigenvalue weighted by molar-refractivity contribution is -0.117. The van der Waals surface area contributed by atoms with E-state index in [9.17, 15) is 9.59 Å². The molecule has 3 aliphatic rings. The van der Waals surface area contributed by atoms with E-state index in [1.807, 2.05) is 14.1 Å². The van der Waals surface area contributed by atoms with E-state index >= 15 is 0 Å². The summed E-state index contributed by atoms with van der Waals surface area (Å²) in [6.07, 6.45) is 9.61. The zero-order chi connectivity index (χ0) is 19.3. The van der Waals surface area contributed by atoms with Crippen molar-refractivity contribution < 1.29 is 9.59 Å². The first-order valence-corrected chi connectivity index (χ1v) is 9.96. The SMILES string of the molecule is C=C1CCCC2C1(C)CCC(C)C2(C)CC1=CC(=O)C=C(N(C)C)C1=O. The summed E-state index contributed by atoms with van der Waals surface area (Å²) in [5, 5.41) is 0. The summed E-state index contributed by atoms with van der Waals surface area (Å²) in [6.45, 7) is 11.5. The van der Waals surface area contributed by atoms with E-state index in [1.54, 1.807) is 11.0 Å². The van der Waals surface area contributed by atoms with Gasteiger partial charge in [-0.15, -0.1) is 0 Å². The Hall–Kier alpha value is -1.64. The molecule has 0 aromatic heterocycles. The van der Waals surface area contributed by atoms with Crippen molar-refractivity contribution in [1.82, 2.24) is 4.90 Å². The number of likely N-dealkylation sites (N-methyl/N-ethyl adjacent to an activating group) is 1. The number of carbonyl (C=O) groups is 2. The van der Waals surface area contributed by atoms with Crippen molar-refractivity contribution in [2.75, 3.05) is 14.1 Å². The molecule has 142 valence electrons. The van der Waals surface area contributed by atoms with Crippen LogP contribution in [0.3, 0.4) is 0 Å². The molecule has 0 N–H and O–H groups in total. The Labute approximate surface area is 158 Å². The molecule has 0 amide bonds. The Morgan fingerprint density at radius 3 is 2.54 bits per heavy atom. The molecular formula is C23H33NO2. The highest BCUT2D eigenvalue weighted by molar-refractivity contribution is 6.19. The number of rotatable bonds is 3. The van der Waals surface area contributed by atoms with E-state index < -0.39 is 0 Å². The van der Waals surface area contributed by atoms with Gasteiger partial charge in [-0.05, 0) is 67.3 Å². The van der Waals surface area contributed by atoms with Crippen molar-refractivity contribution in [2.24, 2.45) is 22.7 Å². The van der Waals surface area contributed by atoms with E-state index in [0.717, 1.165) is 12.8 Å². The van der Waals surface area contributed by atoms with E-state index in [-0.39, 0.29) is 22.4 Å². The van der Waals surface area contributed by atoms with Gasteiger partial charge in [0, 0.05) is 25.7 Å². The average molecular weight is 356 g/mol. The molecule has 2 saturated carbocycles. The quantitative estimate of drug-likeness (QED) is 0.544. The van der Waals surface area contributed by atoms with E-state index in [0.29, 0.717) is 29.5 Å². The molecule has 3 nitrogen and oxygen atoms in total. The lowest BCUT2D eigenvalue weighted by Gasteiger charge is -2.59. The van der Waals surface area contributed by atoms with Crippen LogP contribution in [-0.2, 0) is 9.59 Å². The highest BCUT2D eigenvalue weighted by Gasteiger charge is 2.54. The minimum absolute atomic E-state index is 0.0185. The number of fused-ring (bicyclic) bond motifs is 1. The van der Waals surface area contributed by atoms with Crippen LogP contribution in [0.2, 0.25) is 0 Å².